The number of ether oxygens (including phenoxy) is 2. The summed E-state index contributed by atoms with van der Waals surface area (Å²) in [5, 5.41) is 0.590. The Balaban J connectivity index is 1.44. The van der Waals surface area contributed by atoms with E-state index in [9.17, 15) is 18.0 Å². The molecular weight excluding hydrogens is 517 g/mol. The number of thiophene rings is 1. The Morgan fingerprint density at radius 3 is 2.63 bits per heavy atom. The first-order valence-corrected chi connectivity index (χ1v) is 13.1. The molecule has 0 bridgehead atoms. The van der Waals surface area contributed by atoms with E-state index in [2.05, 4.69) is 12.0 Å². The second kappa shape index (κ2) is 10.3. The molecule has 0 saturated carbocycles. The predicted octanol–water partition coefficient (Wildman–Crippen LogP) is 4.40. The van der Waals surface area contributed by atoms with E-state index in [1.165, 1.54) is 30.0 Å². The van der Waals surface area contributed by atoms with Crippen molar-refractivity contribution in [2.45, 2.75) is 38.1 Å². The maximum absolute atomic E-state index is 13.5. The maximum atomic E-state index is 13.5. The standard InChI is InChI=1S/C27H27F3N4O3S/c1-16(19-5-3-4-6-20(19)27(28,29)30)36-23-14-24(38-25(23)26(31)35)34-15-32-21-8-7-18(13-22(21)34)37-17-9-11-33(2)12-10-17/h3-8,13-17H,9-12H2,1-2H3,(H2,31,35)/p+1/t16-/m1/s1. The van der Waals surface area contributed by atoms with Crippen molar-refractivity contribution in [3.05, 3.63) is 70.9 Å². The Morgan fingerprint density at radius 1 is 1.18 bits per heavy atom. The van der Waals surface area contributed by atoms with Gasteiger partial charge < -0.3 is 20.1 Å². The molecule has 7 nitrogen and oxygen atoms in total. The number of primary amides is 1. The summed E-state index contributed by atoms with van der Waals surface area (Å²) in [5.74, 6) is 0.111. The van der Waals surface area contributed by atoms with Crippen LogP contribution >= 0.6 is 11.3 Å². The van der Waals surface area contributed by atoms with E-state index in [-0.39, 0.29) is 22.3 Å². The van der Waals surface area contributed by atoms with Gasteiger partial charge in [0.05, 0.1) is 36.7 Å². The number of hydrogen-bond donors (Lipinski definition) is 2. The summed E-state index contributed by atoms with van der Waals surface area (Å²) in [4.78, 5) is 18.3. The van der Waals surface area contributed by atoms with Crippen LogP contribution in [0.3, 0.4) is 0 Å². The maximum Gasteiger partial charge on any atom is 0.416 e. The van der Waals surface area contributed by atoms with Crippen LogP contribution in [0.1, 0.15) is 46.7 Å². The lowest BCUT2D eigenvalue weighted by atomic mass is 10.0. The Labute approximate surface area is 221 Å². The highest BCUT2D eigenvalue weighted by molar-refractivity contribution is 7.16. The number of hydrogen-bond acceptors (Lipinski definition) is 5. The number of carbonyl (C=O) groups is 1. The van der Waals surface area contributed by atoms with Crippen LogP contribution in [0.2, 0.25) is 0 Å². The van der Waals surface area contributed by atoms with Gasteiger partial charge >= 0.3 is 6.18 Å². The largest absolute Gasteiger partial charge is 0.490 e. The summed E-state index contributed by atoms with van der Waals surface area (Å²) in [5.41, 5.74) is 6.28. The quantitative estimate of drug-likeness (QED) is 0.361. The summed E-state index contributed by atoms with van der Waals surface area (Å²) in [6.07, 6.45) is -1.79. The fourth-order valence-corrected chi connectivity index (χ4v) is 5.66. The summed E-state index contributed by atoms with van der Waals surface area (Å²) < 4.78 is 54.6. The highest BCUT2D eigenvalue weighted by Crippen LogP contribution is 2.39. The summed E-state index contributed by atoms with van der Waals surface area (Å²) >= 11 is 1.09. The van der Waals surface area contributed by atoms with Crippen LogP contribution in [0.5, 0.6) is 11.5 Å². The van der Waals surface area contributed by atoms with E-state index in [0.29, 0.717) is 5.00 Å². The predicted molar refractivity (Wildman–Crippen MR) is 138 cm³/mol. The molecular formula is C27H28F3N4O3S+. The van der Waals surface area contributed by atoms with Crippen LogP contribution in [-0.4, -0.2) is 41.7 Å². The first-order chi connectivity index (χ1) is 18.1. The number of carbonyl (C=O) groups excluding carboxylic acids is 1. The number of amides is 1. The Morgan fingerprint density at radius 2 is 1.92 bits per heavy atom. The second-order valence-corrected chi connectivity index (χ2v) is 10.6. The molecule has 4 aromatic rings. The molecule has 1 fully saturated rings. The highest BCUT2D eigenvalue weighted by atomic mass is 32.1. The zero-order valence-corrected chi connectivity index (χ0v) is 21.7. The Hall–Kier alpha value is -3.57. The third-order valence-corrected chi connectivity index (χ3v) is 7.89. The summed E-state index contributed by atoms with van der Waals surface area (Å²) in [6.45, 7) is 3.63. The van der Waals surface area contributed by atoms with Crippen LogP contribution in [0, 0.1) is 0 Å². The molecule has 1 aliphatic rings. The molecule has 2 aromatic heterocycles. The van der Waals surface area contributed by atoms with Gasteiger partial charge in [0.15, 0.2) is 0 Å². The number of nitrogens with two attached hydrogens (primary N) is 1. The molecule has 3 N–H and O–H groups in total. The van der Waals surface area contributed by atoms with Crippen molar-refractivity contribution in [3.8, 4) is 16.5 Å². The van der Waals surface area contributed by atoms with Crippen molar-refractivity contribution in [2.75, 3.05) is 20.1 Å². The van der Waals surface area contributed by atoms with Gasteiger partial charge in [-0.15, -0.1) is 11.3 Å². The van der Waals surface area contributed by atoms with Gasteiger partial charge in [0.2, 0.25) is 0 Å². The minimum absolute atomic E-state index is 0.0338. The fraction of sp³-hybridized carbons (Fsp3) is 0.333. The van der Waals surface area contributed by atoms with Crippen LogP contribution in [0.15, 0.2) is 54.9 Å². The van der Waals surface area contributed by atoms with Crippen LogP contribution < -0.4 is 20.1 Å². The molecule has 38 heavy (non-hydrogen) atoms. The number of alkyl halides is 3. The lowest BCUT2D eigenvalue weighted by Crippen LogP contribution is -3.10. The van der Waals surface area contributed by atoms with Crippen molar-refractivity contribution in [3.63, 3.8) is 0 Å². The molecule has 0 unspecified atom stereocenters. The first kappa shape index (κ1) is 26.1. The van der Waals surface area contributed by atoms with Crippen LogP contribution in [0.25, 0.3) is 16.0 Å². The van der Waals surface area contributed by atoms with E-state index in [1.807, 2.05) is 18.2 Å². The molecule has 1 amide bonds. The normalized spacial score (nSPS) is 18.9. The summed E-state index contributed by atoms with van der Waals surface area (Å²) in [6, 6.07) is 12.5. The lowest BCUT2D eigenvalue weighted by Gasteiger charge is -2.27. The van der Waals surface area contributed by atoms with Gasteiger partial charge in [-0.2, -0.15) is 13.2 Å². The molecule has 0 aliphatic carbocycles. The van der Waals surface area contributed by atoms with Crippen LogP contribution in [0.4, 0.5) is 13.2 Å². The zero-order valence-electron chi connectivity index (χ0n) is 20.9. The number of aromatic nitrogens is 2. The molecule has 2 aromatic carbocycles. The molecule has 1 aliphatic heterocycles. The lowest BCUT2D eigenvalue weighted by molar-refractivity contribution is -0.885. The number of piperidine rings is 1. The molecule has 200 valence electrons. The third-order valence-electron chi connectivity index (χ3n) is 6.76. The number of halogens is 3. The number of rotatable bonds is 7. The molecule has 3 heterocycles. The zero-order chi connectivity index (χ0) is 27.0. The number of benzene rings is 2. The van der Waals surface area contributed by atoms with Crippen molar-refractivity contribution in [2.24, 2.45) is 5.73 Å². The monoisotopic (exact) mass is 545 g/mol. The van der Waals surface area contributed by atoms with E-state index in [1.54, 1.807) is 17.0 Å². The van der Waals surface area contributed by atoms with E-state index >= 15 is 0 Å². The average Bonchev–Trinajstić information content (AvgIpc) is 3.49. The number of nitrogens with one attached hydrogen (secondary N) is 1. The minimum Gasteiger partial charge on any atom is -0.490 e. The van der Waals surface area contributed by atoms with Gasteiger partial charge in [-0.05, 0) is 25.1 Å². The fourth-order valence-electron chi connectivity index (χ4n) is 4.73. The molecule has 0 spiro atoms. The van der Waals surface area contributed by atoms with Crippen LogP contribution in [-0.2, 0) is 6.18 Å². The number of imidazole rings is 1. The van der Waals surface area contributed by atoms with E-state index < -0.39 is 23.8 Å². The molecule has 1 atom stereocenters. The van der Waals surface area contributed by atoms with Crippen molar-refractivity contribution >= 4 is 28.3 Å². The van der Waals surface area contributed by atoms with Gasteiger partial charge in [0, 0.05) is 30.5 Å². The Bertz CT molecular complexity index is 1460. The average molecular weight is 546 g/mol. The van der Waals surface area contributed by atoms with Gasteiger partial charge in [0.25, 0.3) is 5.91 Å². The first-order valence-electron chi connectivity index (χ1n) is 12.3. The molecule has 5 rings (SSSR count). The number of nitrogens with zero attached hydrogens (tertiary/aromatic N) is 2. The van der Waals surface area contributed by atoms with Gasteiger partial charge in [-0.25, -0.2) is 4.98 Å². The molecule has 1 saturated heterocycles. The number of fused-ring (bicyclic) bond motifs is 1. The molecule has 11 heteroatoms. The van der Waals surface area contributed by atoms with E-state index in [4.69, 9.17) is 15.2 Å². The second-order valence-electron chi connectivity index (χ2n) is 9.53. The van der Waals surface area contributed by atoms with Crippen molar-refractivity contribution in [1.82, 2.24) is 9.55 Å². The topological polar surface area (TPSA) is 83.8 Å². The minimum atomic E-state index is -4.54. The molecule has 0 radical (unpaired) electrons. The Kier molecular flexibility index (Phi) is 7.06. The third kappa shape index (κ3) is 5.34. The smallest absolute Gasteiger partial charge is 0.416 e. The van der Waals surface area contributed by atoms with E-state index in [0.717, 1.165) is 60.1 Å². The van der Waals surface area contributed by atoms with Gasteiger partial charge in [-0.3, -0.25) is 9.36 Å². The van der Waals surface area contributed by atoms with Crippen molar-refractivity contribution in [1.29, 1.82) is 0 Å². The van der Waals surface area contributed by atoms with Gasteiger partial charge in [-0.1, -0.05) is 18.2 Å². The van der Waals surface area contributed by atoms with Crippen molar-refractivity contribution < 1.29 is 32.3 Å². The SMILES string of the molecule is C[C@@H](Oc1cc(-n2cnc3ccc(OC4CC[NH+](C)CC4)cc32)sc1C(N)=O)c1ccccc1C(F)(F)F. The van der Waals surface area contributed by atoms with Gasteiger partial charge in [0.1, 0.15) is 39.9 Å². The summed E-state index contributed by atoms with van der Waals surface area (Å²) in [7, 11) is 2.18. The number of likely N-dealkylation sites (tertiary alicyclic amines) is 1. The highest BCUT2D eigenvalue weighted by Gasteiger charge is 2.35. The number of quaternary nitrogens is 1.